The predicted octanol–water partition coefficient (Wildman–Crippen LogP) is -0.160. The van der Waals surface area contributed by atoms with Gasteiger partial charge in [0.05, 0.1) is 12.4 Å². The predicted molar refractivity (Wildman–Crippen MR) is 60.9 cm³/mol. The van der Waals surface area contributed by atoms with Crippen molar-refractivity contribution >= 4 is 5.91 Å². The molecule has 0 bridgehead atoms. The van der Waals surface area contributed by atoms with E-state index < -0.39 is 5.91 Å². The number of hydrazine groups is 1. The summed E-state index contributed by atoms with van der Waals surface area (Å²) in [4.78, 5) is 13.5. The second kappa shape index (κ2) is 5.31. The van der Waals surface area contributed by atoms with Gasteiger partial charge in [0.25, 0.3) is 0 Å². The number of carbonyl (C=O) groups is 1. The van der Waals surface area contributed by atoms with Crippen LogP contribution in [0.15, 0.2) is 16.7 Å². The number of rotatable bonds is 3. The normalized spacial score (nSPS) is 21.4. The quantitative estimate of drug-likeness (QED) is 0.387. The summed E-state index contributed by atoms with van der Waals surface area (Å²) in [6, 6.07) is 1.76. The van der Waals surface area contributed by atoms with Crippen LogP contribution >= 0.6 is 0 Å². The molecule has 1 aromatic heterocycles. The Kier molecular flexibility index (Phi) is 3.78. The molecule has 1 aromatic rings. The van der Waals surface area contributed by atoms with E-state index in [1.165, 1.54) is 6.26 Å². The van der Waals surface area contributed by atoms with Crippen molar-refractivity contribution in [2.75, 3.05) is 13.1 Å². The number of carbonyl (C=O) groups excluding carboxylic acids is 1. The number of hydrogen-bond acceptors (Lipinski definition) is 5. The Hall–Kier alpha value is -1.37. The van der Waals surface area contributed by atoms with Gasteiger partial charge in [-0.15, -0.1) is 0 Å². The Bertz CT molecular complexity index is 391. The van der Waals surface area contributed by atoms with Gasteiger partial charge < -0.3 is 9.52 Å². The van der Waals surface area contributed by atoms with E-state index in [9.17, 15) is 9.90 Å². The molecule has 1 unspecified atom stereocenters. The van der Waals surface area contributed by atoms with Crippen LogP contribution in [0, 0.1) is 0 Å². The lowest BCUT2D eigenvalue weighted by molar-refractivity contribution is 0.0663. The molecular formula is C11H17N3O3. The van der Waals surface area contributed by atoms with Crippen molar-refractivity contribution < 1.29 is 14.3 Å². The third kappa shape index (κ3) is 2.85. The van der Waals surface area contributed by atoms with E-state index in [1.54, 1.807) is 6.07 Å². The van der Waals surface area contributed by atoms with E-state index in [2.05, 4.69) is 10.3 Å². The average molecular weight is 239 g/mol. The Balaban J connectivity index is 2.03. The number of piperidine rings is 1. The van der Waals surface area contributed by atoms with E-state index in [0.717, 1.165) is 24.9 Å². The van der Waals surface area contributed by atoms with Crippen molar-refractivity contribution in [3.63, 3.8) is 0 Å². The summed E-state index contributed by atoms with van der Waals surface area (Å²) in [5.41, 5.74) is 2.85. The van der Waals surface area contributed by atoms with Crippen molar-refractivity contribution in [2.45, 2.75) is 25.5 Å². The van der Waals surface area contributed by atoms with E-state index >= 15 is 0 Å². The van der Waals surface area contributed by atoms with Crippen molar-refractivity contribution in [1.29, 1.82) is 0 Å². The number of likely N-dealkylation sites (tertiary alicyclic amines) is 1. The van der Waals surface area contributed by atoms with Crippen molar-refractivity contribution in [3.05, 3.63) is 23.7 Å². The van der Waals surface area contributed by atoms with Crippen molar-refractivity contribution in [2.24, 2.45) is 5.84 Å². The molecule has 0 aromatic carbocycles. The zero-order chi connectivity index (χ0) is 12.3. The number of β-amino-alcohol motifs (C(OH)–C–C–N with tert-alkyl or cyclic N) is 1. The molecule has 0 radical (unpaired) electrons. The van der Waals surface area contributed by atoms with E-state index in [-0.39, 0.29) is 11.9 Å². The smallest absolute Gasteiger partial charge is 0.301 e. The fourth-order valence-corrected chi connectivity index (χ4v) is 2.14. The zero-order valence-electron chi connectivity index (χ0n) is 9.56. The van der Waals surface area contributed by atoms with Gasteiger partial charge in [0, 0.05) is 18.7 Å². The van der Waals surface area contributed by atoms with Crippen LogP contribution < -0.4 is 11.3 Å². The van der Waals surface area contributed by atoms with Crippen LogP contribution in [0.2, 0.25) is 0 Å². The van der Waals surface area contributed by atoms with Gasteiger partial charge in [-0.05, 0) is 25.5 Å². The molecule has 17 heavy (non-hydrogen) atoms. The molecule has 2 heterocycles. The third-order valence-corrected chi connectivity index (χ3v) is 2.96. The summed E-state index contributed by atoms with van der Waals surface area (Å²) < 4.78 is 5.10. The highest BCUT2D eigenvalue weighted by Crippen LogP contribution is 2.17. The number of nitrogens with zero attached hydrogens (tertiary/aromatic N) is 1. The van der Waals surface area contributed by atoms with Gasteiger partial charge in [0.2, 0.25) is 0 Å². The molecule has 94 valence electrons. The number of nitrogens with two attached hydrogens (primary N) is 1. The molecule has 1 amide bonds. The van der Waals surface area contributed by atoms with Crippen molar-refractivity contribution in [1.82, 2.24) is 10.3 Å². The Labute approximate surface area is 99.3 Å². The summed E-state index contributed by atoms with van der Waals surface area (Å²) >= 11 is 0. The maximum Gasteiger partial charge on any atom is 0.301 e. The average Bonchev–Trinajstić information content (AvgIpc) is 2.76. The highest BCUT2D eigenvalue weighted by Gasteiger charge is 2.21. The molecule has 4 N–H and O–H groups in total. The fourth-order valence-electron chi connectivity index (χ4n) is 2.14. The molecule has 0 saturated carbocycles. The van der Waals surface area contributed by atoms with Gasteiger partial charge >= 0.3 is 5.91 Å². The molecule has 1 atom stereocenters. The first-order valence-electron chi connectivity index (χ1n) is 5.68. The van der Waals surface area contributed by atoms with Gasteiger partial charge in [0.15, 0.2) is 5.76 Å². The minimum Gasteiger partial charge on any atom is -0.459 e. The van der Waals surface area contributed by atoms with E-state index in [1.807, 2.05) is 0 Å². The monoisotopic (exact) mass is 239 g/mol. The number of aliphatic hydroxyl groups is 1. The van der Waals surface area contributed by atoms with Crippen LogP contribution in [0.5, 0.6) is 0 Å². The first-order chi connectivity index (χ1) is 8.20. The first-order valence-corrected chi connectivity index (χ1v) is 5.68. The maximum absolute atomic E-state index is 11.4. The molecule has 1 fully saturated rings. The summed E-state index contributed by atoms with van der Waals surface area (Å²) in [7, 11) is 0. The number of furan rings is 1. The Morgan fingerprint density at radius 3 is 3.24 bits per heavy atom. The highest BCUT2D eigenvalue weighted by atomic mass is 16.3. The maximum atomic E-state index is 11.4. The van der Waals surface area contributed by atoms with Crippen LogP contribution in [0.1, 0.15) is 29.0 Å². The first kappa shape index (κ1) is 12.1. The largest absolute Gasteiger partial charge is 0.459 e. The second-order valence-electron chi connectivity index (χ2n) is 4.28. The molecule has 1 aliphatic rings. The van der Waals surface area contributed by atoms with Crippen LogP contribution in [-0.2, 0) is 6.54 Å². The Morgan fingerprint density at radius 1 is 1.71 bits per heavy atom. The number of amides is 1. The molecule has 6 nitrogen and oxygen atoms in total. The van der Waals surface area contributed by atoms with Crippen LogP contribution in [0.3, 0.4) is 0 Å². The van der Waals surface area contributed by atoms with Gasteiger partial charge in [-0.2, -0.15) is 0 Å². The van der Waals surface area contributed by atoms with Gasteiger partial charge in [0.1, 0.15) is 0 Å². The minimum atomic E-state index is -0.428. The summed E-state index contributed by atoms with van der Waals surface area (Å²) in [6.07, 6.45) is 3.01. The van der Waals surface area contributed by atoms with E-state index in [4.69, 9.17) is 10.3 Å². The molecule has 0 aliphatic carbocycles. The lowest BCUT2D eigenvalue weighted by atomic mass is 10.1. The molecule has 2 rings (SSSR count). The molecule has 0 spiro atoms. The highest BCUT2D eigenvalue weighted by molar-refractivity contribution is 5.92. The topological polar surface area (TPSA) is 91.7 Å². The summed E-state index contributed by atoms with van der Waals surface area (Å²) in [6.45, 7) is 2.15. The van der Waals surface area contributed by atoms with Gasteiger partial charge in [-0.25, -0.2) is 5.84 Å². The molecular weight excluding hydrogens is 222 g/mol. The van der Waals surface area contributed by atoms with Gasteiger partial charge in [-0.1, -0.05) is 0 Å². The lowest BCUT2D eigenvalue weighted by Gasteiger charge is -2.29. The van der Waals surface area contributed by atoms with Crippen molar-refractivity contribution in [3.8, 4) is 0 Å². The number of nitrogens with one attached hydrogen (secondary N) is 1. The second-order valence-corrected chi connectivity index (χ2v) is 4.28. The number of hydrogen-bond donors (Lipinski definition) is 3. The third-order valence-electron chi connectivity index (χ3n) is 2.96. The van der Waals surface area contributed by atoms with Crippen LogP contribution in [0.25, 0.3) is 0 Å². The fraction of sp³-hybridized carbons (Fsp3) is 0.545. The zero-order valence-corrected chi connectivity index (χ0v) is 9.56. The molecule has 6 heteroatoms. The van der Waals surface area contributed by atoms with Gasteiger partial charge in [-0.3, -0.25) is 15.1 Å². The molecule has 1 saturated heterocycles. The number of aliphatic hydroxyl groups excluding tert-OH is 1. The minimum absolute atomic E-state index is 0.243. The number of nitrogen functional groups attached to an aromatic ring is 1. The van der Waals surface area contributed by atoms with Crippen LogP contribution in [0.4, 0.5) is 0 Å². The molecule has 1 aliphatic heterocycles. The van der Waals surface area contributed by atoms with Crippen LogP contribution in [-0.4, -0.2) is 35.1 Å². The standard InChI is InChI=1S/C11H17N3O3/c12-13-11(16)10-8(3-5-17-10)6-14-4-1-2-9(15)7-14/h3,5,9,15H,1-2,4,6-7,12H2,(H,13,16). The SMILES string of the molecule is NNC(=O)c1occc1CN1CCCC(O)C1. The summed E-state index contributed by atoms with van der Waals surface area (Å²) in [5.74, 6) is 4.89. The summed E-state index contributed by atoms with van der Waals surface area (Å²) in [5, 5.41) is 9.57. The Morgan fingerprint density at radius 2 is 2.53 bits per heavy atom. The lowest BCUT2D eigenvalue weighted by Crippen LogP contribution is -2.38. The van der Waals surface area contributed by atoms with E-state index in [0.29, 0.717) is 13.1 Å².